The maximum absolute atomic E-state index is 12.4. The van der Waals surface area contributed by atoms with Gasteiger partial charge in [-0.25, -0.2) is 0 Å². The second-order valence-electron chi connectivity index (χ2n) is 6.68. The lowest BCUT2D eigenvalue weighted by atomic mass is 10.1. The number of benzene rings is 2. The molecule has 28 heavy (non-hydrogen) atoms. The molecular weight excluding hydrogens is 372 g/mol. The summed E-state index contributed by atoms with van der Waals surface area (Å²) in [6.45, 7) is 2.55. The number of imide groups is 1. The number of carbonyl (C=O) groups excluding carboxylic acids is 2. The predicted octanol–water partition coefficient (Wildman–Crippen LogP) is 3.48. The average Bonchev–Trinajstić information content (AvgIpc) is 3.33. The van der Waals surface area contributed by atoms with Gasteiger partial charge in [0.05, 0.1) is 5.75 Å². The van der Waals surface area contributed by atoms with Gasteiger partial charge in [-0.15, -0.1) is 10.2 Å². The Hall–Kier alpha value is -2.93. The van der Waals surface area contributed by atoms with E-state index in [2.05, 4.69) is 16.3 Å². The number of hydrogen-bond donors (Lipinski definition) is 0. The first-order chi connectivity index (χ1) is 13.6. The summed E-state index contributed by atoms with van der Waals surface area (Å²) in [6, 6.07) is 17.9. The van der Waals surface area contributed by atoms with Crippen molar-refractivity contribution < 1.29 is 9.59 Å². The number of likely N-dealkylation sites (tertiary alicyclic amines) is 1. The van der Waals surface area contributed by atoms with Gasteiger partial charge >= 0.3 is 0 Å². The maximum atomic E-state index is 12.4. The predicted molar refractivity (Wildman–Crippen MR) is 108 cm³/mol. The third kappa shape index (κ3) is 3.71. The van der Waals surface area contributed by atoms with E-state index in [1.54, 1.807) is 0 Å². The monoisotopic (exact) mass is 392 g/mol. The van der Waals surface area contributed by atoms with Gasteiger partial charge in [-0.2, -0.15) is 0 Å². The fraction of sp³-hybridized carbons (Fsp3) is 0.238. The first kappa shape index (κ1) is 18.4. The third-order valence-electron chi connectivity index (χ3n) is 4.62. The van der Waals surface area contributed by atoms with Gasteiger partial charge in [-0.3, -0.25) is 19.1 Å². The van der Waals surface area contributed by atoms with Crippen LogP contribution in [0.4, 0.5) is 0 Å². The Bertz CT molecular complexity index is 1020. The molecule has 1 saturated heterocycles. The van der Waals surface area contributed by atoms with Crippen molar-refractivity contribution in [3.05, 3.63) is 60.2 Å². The van der Waals surface area contributed by atoms with E-state index in [9.17, 15) is 9.59 Å². The molecule has 3 aromatic rings. The topological polar surface area (TPSA) is 68.1 Å². The number of carbonyl (C=O) groups is 2. The second kappa shape index (κ2) is 7.98. The van der Waals surface area contributed by atoms with Crippen molar-refractivity contribution in [3.8, 4) is 17.1 Å². The molecule has 0 N–H and O–H groups in total. The quantitative estimate of drug-likeness (QED) is 0.622. The minimum atomic E-state index is -0.174. The van der Waals surface area contributed by atoms with Gasteiger partial charge in [-0.05, 0) is 31.5 Å². The summed E-state index contributed by atoms with van der Waals surface area (Å²) < 4.78 is 1.96. The van der Waals surface area contributed by atoms with Gasteiger partial charge in [0.25, 0.3) is 0 Å². The molecule has 4 rings (SSSR count). The number of amides is 2. The molecule has 0 saturated carbocycles. The fourth-order valence-corrected chi connectivity index (χ4v) is 4.09. The van der Waals surface area contributed by atoms with Crippen LogP contribution in [0.1, 0.15) is 18.4 Å². The second-order valence-corrected chi connectivity index (χ2v) is 7.62. The summed E-state index contributed by atoms with van der Waals surface area (Å²) in [6.07, 6.45) is 1.20. The molecule has 2 amide bonds. The van der Waals surface area contributed by atoms with Crippen molar-refractivity contribution in [3.63, 3.8) is 0 Å². The van der Waals surface area contributed by atoms with Crippen LogP contribution in [0.5, 0.6) is 0 Å². The fourth-order valence-electron chi connectivity index (χ4n) is 3.26. The molecule has 2 aromatic carbocycles. The molecule has 0 radical (unpaired) electrons. The zero-order valence-corrected chi connectivity index (χ0v) is 16.4. The van der Waals surface area contributed by atoms with Crippen LogP contribution >= 0.6 is 11.8 Å². The first-order valence-electron chi connectivity index (χ1n) is 9.17. The normalized spacial score (nSPS) is 13.9. The minimum absolute atomic E-state index is 0.0874. The van der Waals surface area contributed by atoms with Crippen LogP contribution in [0.25, 0.3) is 17.1 Å². The molecule has 0 spiro atoms. The van der Waals surface area contributed by atoms with E-state index in [1.807, 2.05) is 60.0 Å². The van der Waals surface area contributed by atoms with Gasteiger partial charge in [0, 0.05) is 24.2 Å². The SMILES string of the molecule is Cc1cccc(-c2nnc(SCC(=O)N3CCCC3=O)n2-c2ccccc2)c1. The van der Waals surface area contributed by atoms with Crippen molar-refractivity contribution in [1.29, 1.82) is 0 Å². The molecule has 6 nitrogen and oxygen atoms in total. The average molecular weight is 392 g/mol. The number of thioether (sulfide) groups is 1. The molecule has 142 valence electrons. The third-order valence-corrected chi connectivity index (χ3v) is 5.54. The number of aromatic nitrogens is 3. The van der Waals surface area contributed by atoms with E-state index in [0.717, 1.165) is 29.1 Å². The van der Waals surface area contributed by atoms with Crippen LogP contribution < -0.4 is 0 Å². The molecule has 1 aromatic heterocycles. The van der Waals surface area contributed by atoms with E-state index >= 15 is 0 Å². The Balaban J connectivity index is 1.66. The van der Waals surface area contributed by atoms with E-state index in [-0.39, 0.29) is 17.6 Å². The maximum Gasteiger partial charge on any atom is 0.239 e. The molecule has 0 bridgehead atoms. The lowest BCUT2D eigenvalue weighted by molar-refractivity contribution is -0.140. The van der Waals surface area contributed by atoms with Crippen LogP contribution in [0.2, 0.25) is 0 Å². The lowest BCUT2D eigenvalue weighted by Gasteiger charge is -2.14. The molecule has 2 heterocycles. The summed E-state index contributed by atoms with van der Waals surface area (Å²) >= 11 is 1.30. The summed E-state index contributed by atoms with van der Waals surface area (Å²) in [5.41, 5.74) is 3.03. The first-order valence-corrected chi connectivity index (χ1v) is 10.2. The smallest absolute Gasteiger partial charge is 0.239 e. The Morgan fingerprint density at radius 2 is 1.93 bits per heavy atom. The van der Waals surface area contributed by atoms with Crippen molar-refractivity contribution in [1.82, 2.24) is 19.7 Å². The number of aryl methyl sites for hydroxylation is 1. The number of hydrogen-bond acceptors (Lipinski definition) is 5. The Labute approximate surface area is 167 Å². The molecule has 0 unspecified atom stereocenters. The molecule has 7 heteroatoms. The van der Waals surface area contributed by atoms with Gasteiger partial charge in [0.1, 0.15) is 0 Å². The van der Waals surface area contributed by atoms with Crippen LogP contribution in [0.3, 0.4) is 0 Å². The van der Waals surface area contributed by atoms with E-state index in [0.29, 0.717) is 18.1 Å². The summed E-state index contributed by atoms with van der Waals surface area (Å²) in [5, 5.41) is 9.36. The molecule has 0 aliphatic carbocycles. The standard InChI is InChI=1S/C21H20N4O2S/c1-15-7-5-8-16(13-15)20-22-23-21(25(20)17-9-3-2-4-10-17)28-14-19(27)24-12-6-11-18(24)26/h2-5,7-10,13H,6,11-12,14H2,1H3. The van der Waals surface area contributed by atoms with Gasteiger partial charge < -0.3 is 0 Å². The summed E-state index contributed by atoms with van der Waals surface area (Å²) in [4.78, 5) is 25.6. The molecular formula is C21H20N4O2S. The number of nitrogens with zero attached hydrogens (tertiary/aromatic N) is 4. The Morgan fingerprint density at radius 1 is 1.11 bits per heavy atom. The highest BCUT2D eigenvalue weighted by molar-refractivity contribution is 7.99. The number of rotatable bonds is 5. The Morgan fingerprint density at radius 3 is 2.64 bits per heavy atom. The van der Waals surface area contributed by atoms with Gasteiger partial charge in [-0.1, -0.05) is 53.7 Å². The largest absolute Gasteiger partial charge is 0.282 e. The highest BCUT2D eigenvalue weighted by atomic mass is 32.2. The highest BCUT2D eigenvalue weighted by Crippen LogP contribution is 2.28. The van der Waals surface area contributed by atoms with Gasteiger partial charge in [0.2, 0.25) is 11.8 Å². The van der Waals surface area contributed by atoms with E-state index in [4.69, 9.17) is 0 Å². The number of para-hydroxylation sites is 1. The highest BCUT2D eigenvalue weighted by Gasteiger charge is 2.27. The zero-order valence-electron chi connectivity index (χ0n) is 15.5. The molecule has 1 aliphatic heterocycles. The Kier molecular flexibility index (Phi) is 5.25. The molecule has 0 atom stereocenters. The van der Waals surface area contributed by atoms with Crippen LogP contribution in [0, 0.1) is 6.92 Å². The molecule has 1 fully saturated rings. The van der Waals surface area contributed by atoms with E-state index in [1.165, 1.54) is 16.7 Å². The van der Waals surface area contributed by atoms with Crippen molar-refractivity contribution in [2.24, 2.45) is 0 Å². The van der Waals surface area contributed by atoms with Crippen molar-refractivity contribution in [2.45, 2.75) is 24.9 Å². The summed E-state index contributed by atoms with van der Waals surface area (Å²) in [5.74, 6) is 0.620. The summed E-state index contributed by atoms with van der Waals surface area (Å²) in [7, 11) is 0. The van der Waals surface area contributed by atoms with Crippen molar-refractivity contribution >= 4 is 23.6 Å². The van der Waals surface area contributed by atoms with E-state index < -0.39 is 0 Å². The minimum Gasteiger partial charge on any atom is -0.282 e. The zero-order chi connectivity index (χ0) is 19.5. The van der Waals surface area contributed by atoms with Crippen molar-refractivity contribution in [2.75, 3.05) is 12.3 Å². The van der Waals surface area contributed by atoms with Gasteiger partial charge in [0.15, 0.2) is 11.0 Å². The van der Waals surface area contributed by atoms with Crippen LogP contribution in [0.15, 0.2) is 59.8 Å². The molecule has 1 aliphatic rings. The lowest BCUT2D eigenvalue weighted by Crippen LogP contribution is -2.33. The van der Waals surface area contributed by atoms with Crippen LogP contribution in [-0.2, 0) is 9.59 Å². The van der Waals surface area contributed by atoms with Crippen LogP contribution in [-0.4, -0.2) is 43.8 Å².